The van der Waals surface area contributed by atoms with Gasteiger partial charge in [0.2, 0.25) is 0 Å². The number of methoxy groups -OCH3 is 2. The molecule has 0 aromatic heterocycles. The Balaban J connectivity index is 1.99. The van der Waals surface area contributed by atoms with Crippen molar-refractivity contribution in [1.29, 1.82) is 0 Å². The maximum atomic E-state index is 13.1. The maximum Gasteiger partial charge on any atom is 0.335 e. The number of ether oxygens (including phenoxy) is 3. The number of rotatable bonds is 7. The number of hydrogen-bond donors (Lipinski definition) is 1. The van der Waals surface area contributed by atoms with E-state index in [-0.39, 0.29) is 16.7 Å². The molecule has 1 aliphatic rings. The third-order valence-electron chi connectivity index (χ3n) is 4.89. The van der Waals surface area contributed by atoms with Crippen LogP contribution in [0.1, 0.15) is 25.8 Å². The zero-order chi connectivity index (χ0) is 23.4. The Hall–Kier alpha value is -3.52. The van der Waals surface area contributed by atoms with E-state index < -0.39 is 17.8 Å². The van der Waals surface area contributed by atoms with Crippen LogP contribution in [0.2, 0.25) is 5.02 Å². The number of carbonyl (C=O) groups excluding carboxylic acids is 3. The second kappa shape index (κ2) is 9.74. The number of imide groups is 2. The largest absolute Gasteiger partial charge is 0.497 e. The monoisotopic (exact) mass is 458 g/mol. The van der Waals surface area contributed by atoms with Crippen LogP contribution in [0.25, 0.3) is 6.08 Å². The van der Waals surface area contributed by atoms with Crippen molar-refractivity contribution in [3.8, 4) is 17.2 Å². The smallest absolute Gasteiger partial charge is 0.335 e. The molecule has 1 heterocycles. The van der Waals surface area contributed by atoms with Crippen LogP contribution < -0.4 is 24.4 Å². The first-order chi connectivity index (χ1) is 15.3. The van der Waals surface area contributed by atoms with Gasteiger partial charge in [-0.3, -0.25) is 14.9 Å². The zero-order valence-corrected chi connectivity index (χ0v) is 18.9. The van der Waals surface area contributed by atoms with Crippen LogP contribution in [0.5, 0.6) is 17.2 Å². The number of hydrogen-bond acceptors (Lipinski definition) is 6. The molecule has 4 amide bonds. The first-order valence-electron chi connectivity index (χ1n) is 9.88. The molecule has 0 bridgehead atoms. The number of barbiturate groups is 1. The number of nitrogens with one attached hydrogen (secondary N) is 1. The molecule has 0 spiro atoms. The second-order valence-corrected chi connectivity index (χ2v) is 7.43. The van der Waals surface area contributed by atoms with Gasteiger partial charge in [-0.2, -0.15) is 0 Å². The summed E-state index contributed by atoms with van der Waals surface area (Å²) in [6, 6.07) is 8.63. The van der Waals surface area contributed by atoms with E-state index in [1.807, 2.05) is 13.8 Å². The number of urea groups is 1. The van der Waals surface area contributed by atoms with Crippen molar-refractivity contribution in [2.45, 2.75) is 26.4 Å². The molecule has 1 aliphatic heterocycles. The van der Waals surface area contributed by atoms with Gasteiger partial charge in [0.05, 0.1) is 31.0 Å². The quantitative estimate of drug-likeness (QED) is 0.493. The van der Waals surface area contributed by atoms with E-state index >= 15 is 0 Å². The van der Waals surface area contributed by atoms with Crippen molar-refractivity contribution in [2.24, 2.45) is 0 Å². The van der Waals surface area contributed by atoms with E-state index in [1.165, 1.54) is 20.3 Å². The van der Waals surface area contributed by atoms with E-state index in [0.717, 1.165) is 11.3 Å². The van der Waals surface area contributed by atoms with Gasteiger partial charge < -0.3 is 14.2 Å². The molecule has 1 saturated heterocycles. The lowest BCUT2D eigenvalue weighted by atomic mass is 10.1. The number of amides is 4. The van der Waals surface area contributed by atoms with Crippen molar-refractivity contribution in [1.82, 2.24) is 5.32 Å². The van der Waals surface area contributed by atoms with Crippen LogP contribution in [0.4, 0.5) is 10.5 Å². The fourth-order valence-corrected chi connectivity index (χ4v) is 3.28. The summed E-state index contributed by atoms with van der Waals surface area (Å²) < 4.78 is 16.3. The average molecular weight is 459 g/mol. The first kappa shape index (κ1) is 23.1. The lowest BCUT2D eigenvalue weighted by Crippen LogP contribution is -2.54. The van der Waals surface area contributed by atoms with E-state index in [0.29, 0.717) is 28.5 Å². The molecule has 1 atom stereocenters. The Morgan fingerprint density at radius 1 is 1.09 bits per heavy atom. The van der Waals surface area contributed by atoms with Crippen LogP contribution in [0.3, 0.4) is 0 Å². The first-order valence-corrected chi connectivity index (χ1v) is 10.3. The third kappa shape index (κ3) is 4.70. The number of benzene rings is 2. The van der Waals surface area contributed by atoms with Gasteiger partial charge in [-0.1, -0.05) is 18.5 Å². The highest BCUT2D eigenvalue weighted by Crippen LogP contribution is 2.38. The number of anilines is 1. The highest BCUT2D eigenvalue weighted by molar-refractivity contribution is 6.39. The van der Waals surface area contributed by atoms with Crippen molar-refractivity contribution in [3.63, 3.8) is 0 Å². The van der Waals surface area contributed by atoms with Crippen molar-refractivity contribution in [2.75, 3.05) is 19.1 Å². The highest BCUT2D eigenvalue weighted by atomic mass is 35.5. The molecule has 0 aliphatic carbocycles. The molecule has 2 aromatic rings. The minimum atomic E-state index is -0.838. The highest BCUT2D eigenvalue weighted by Gasteiger charge is 2.37. The van der Waals surface area contributed by atoms with Gasteiger partial charge >= 0.3 is 6.03 Å². The van der Waals surface area contributed by atoms with Gasteiger partial charge in [0.15, 0.2) is 11.5 Å². The number of halogens is 1. The summed E-state index contributed by atoms with van der Waals surface area (Å²) in [6.45, 7) is 3.88. The van der Waals surface area contributed by atoms with Crippen LogP contribution >= 0.6 is 11.6 Å². The standard InChI is InChI=1S/C23H23ClN2O6/c1-5-13(2)32-20-18(24)11-14(12-19(20)31-4)10-17-21(27)25-23(29)26(22(17)28)15-6-8-16(30-3)9-7-15/h6-13H,5H2,1-4H3,(H,25,27,29)/b17-10+/t13-/m0/s1. The summed E-state index contributed by atoms with van der Waals surface area (Å²) in [5.74, 6) is -0.276. The van der Waals surface area contributed by atoms with Gasteiger partial charge in [0.25, 0.3) is 11.8 Å². The minimum Gasteiger partial charge on any atom is -0.497 e. The number of carbonyl (C=O) groups is 3. The summed E-state index contributed by atoms with van der Waals surface area (Å²) in [7, 11) is 2.97. The molecule has 0 saturated carbocycles. The summed E-state index contributed by atoms with van der Waals surface area (Å²) in [4.78, 5) is 38.7. The summed E-state index contributed by atoms with van der Waals surface area (Å²) in [5, 5.41) is 2.45. The molecular weight excluding hydrogens is 436 g/mol. The molecule has 1 fully saturated rings. The maximum absolute atomic E-state index is 13.1. The fourth-order valence-electron chi connectivity index (χ4n) is 3.01. The molecule has 32 heavy (non-hydrogen) atoms. The normalized spacial score (nSPS) is 16.1. The van der Waals surface area contributed by atoms with E-state index in [4.69, 9.17) is 25.8 Å². The molecule has 0 unspecified atom stereocenters. The number of nitrogens with zero attached hydrogens (tertiary/aromatic N) is 1. The minimum absolute atomic E-state index is 0.0830. The Bertz CT molecular complexity index is 1080. The van der Waals surface area contributed by atoms with Crippen molar-refractivity contribution in [3.05, 3.63) is 52.6 Å². The molecule has 1 N–H and O–H groups in total. The Kier molecular flexibility index (Phi) is 7.05. The van der Waals surface area contributed by atoms with Gasteiger partial charge in [0.1, 0.15) is 11.3 Å². The van der Waals surface area contributed by atoms with E-state index in [1.54, 1.807) is 36.4 Å². The van der Waals surface area contributed by atoms with Gasteiger partial charge in [0, 0.05) is 0 Å². The predicted molar refractivity (Wildman–Crippen MR) is 120 cm³/mol. The van der Waals surface area contributed by atoms with Crippen molar-refractivity contribution < 1.29 is 28.6 Å². The topological polar surface area (TPSA) is 94.2 Å². The van der Waals surface area contributed by atoms with Crippen molar-refractivity contribution >= 4 is 41.2 Å². The van der Waals surface area contributed by atoms with Crippen LogP contribution in [0, 0.1) is 0 Å². The molecule has 168 valence electrons. The molecular formula is C23H23ClN2O6. The van der Waals surface area contributed by atoms with Gasteiger partial charge in [-0.15, -0.1) is 0 Å². The second-order valence-electron chi connectivity index (χ2n) is 7.03. The zero-order valence-electron chi connectivity index (χ0n) is 18.1. The van der Waals surface area contributed by atoms with E-state index in [2.05, 4.69) is 5.32 Å². The Morgan fingerprint density at radius 3 is 2.38 bits per heavy atom. The molecule has 9 heteroatoms. The molecule has 3 rings (SSSR count). The average Bonchev–Trinajstić information content (AvgIpc) is 2.78. The van der Waals surface area contributed by atoms with E-state index in [9.17, 15) is 14.4 Å². The summed E-state index contributed by atoms with van der Waals surface area (Å²) in [6.07, 6.45) is 2.04. The Labute approximate surface area is 190 Å². The predicted octanol–water partition coefficient (Wildman–Crippen LogP) is 4.20. The lowest BCUT2D eigenvalue weighted by Gasteiger charge is -2.26. The van der Waals surface area contributed by atoms with Crippen LogP contribution in [-0.4, -0.2) is 38.2 Å². The van der Waals surface area contributed by atoms with Gasteiger partial charge in [-0.05, 0) is 61.4 Å². The molecule has 2 aromatic carbocycles. The molecule has 0 radical (unpaired) electrons. The molecule has 8 nitrogen and oxygen atoms in total. The van der Waals surface area contributed by atoms with Crippen LogP contribution in [-0.2, 0) is 9.59 Å². The lowest BCUT2D eigenvalue weighted by molar-refractivity contribution is -0.122. The fraction of sp³-hybridized carbons (Fsp3) is 0.261. The summed E-state index contributed by atoms with van der Waals surface area (Å²) in [5.41, 5.74) is 0.500. The van der Waals surface area contributed by atoms with Crippen LogP contribution in [0.15, 0.2) is 42.0 Å². The Morgan fingerprint density at radius 2 is 1.78 bits per heavy atom. The third-order valence-corrected chi connectivity index (χ3v) is 5.17. The summed E-state index contributed by atoms with van der Waals surface area (Å²) >= 11 is 6.38. The SMILES string of the molecule is CC[C@H](C)Oc1c(Cl)cc(/C=C2\C(=O)NC(=O)N(c3ccc(OC)cc3)C2=O)cc1OC. The van der Waals surface area contributed by atoms with Gasteiger partial charge in [-0.25, -0.2) is 9.69 Å².